The monoisotopic (exact) mass is 878 g/mol. The first kappa shape index (κ1) is 44.4. The zero-order valence-electron chi connectivity index (χ0n) is 37.4. The van der Waals surface area contributed by atoms with Crippen LogP contribution in [0.3, 0.4) is 0 Å². The first-order valence-corrected chi connectivity index (χ1v) is 24.3. The number of nitrogens with one attached hydrogen (secondary N) is 2. The normalized spacial score (nSPS) is 29.9. The van der Waals surface area contributed by atoms with Crippen LogP contribution in [-0.2, 0) is 32.3 Å². The van der Waals surface area contributed by atoms with Gasteiger partial charge in [0.2, 0.25) is 23.6 Å². The molecule has 64 heavy (non-hydrogen) atoms. The third kappa shape index (κ3) is 7.69. The summed E-state index contributed by atoms with van der Waals surface area (Å²) in [6.45, 7) is 4.25. The summed E-state index contributed by atoms with van der Waals surface area (Å²) in [4.78, 5) is 83.8. The molecule has 14 heteroatoms. The molecule has 4 saturated carbocycles. The number of hydrogen-bond acceptors (Lipinski definition) is 8. The second-order valence-corrected chi connectivity index (χ2v) is 19.8. The minimum Gasteiger partial charge on any atom is -0.396 e. The maximum Gasteiger partial charge on any atom is 0.258 e. The molecule has 0 radical (unpaired) electrons. The van der Waals surface area contributed by atoms with E-state index in [0.717, 1.165) is 101 Å². The largest absolute Gasteiger partial charge is 0.396 e. The van der Waals surface area contributed by atoms with E-state index in [1.807, 2.05) is 50.3 Å². The van der Waals surface area contributed by atoms with Crippen molar-refractivity contribution >= 4 is 35.8 Å². The van der Waals surface area contributed by atoms with Crippen LogP contribution in [0.25, 0.3) is 12.2 Å². The van der Waals surface area contributed by atoms with Gasteiger partial charge in [-0.3, -0.25) is 28.8 Å². The lowest BCUT2D eigenvalue weighted by Gasteiger charge is -2.36. The molecule has 8 aliphatic rings. The topological polar surface area (TPSA) is 183 Å². The lowest BCUT2D eigenvalue weighted by molar-refractivity contribution is -0.147. The number of pyridine rings is 2. The van der Waals surface area contributed by atoms with Crippen molar-refractivity contribution in [2.45, 2.75) is 153 Å². The SMILES string of the molecule is C/C=C/c1ccc2n(c1=O)C[C@H]1[C@H](CO)[C@@H](C(=O)NC3CCCC3)N(C(=O)C3CCC3)[C@@H]21.C/C=C\c1ccc2n(c1=O)C[C@H]1[C@H](CO)[C@@H](C(=O)NC3CCCC3)N(C(=O)C3CCC3)[C@@H]21. The Kier molecular flexibility index (Phi) is 12.9. The van der Waals surface area contributed by atoms with Crippen molar-refractivity contribution in [3.05, 3.63) is 79.6 Å². The Hall–Kier alpha value is -4.82. The van der Waals surface area contributed by atoms with Crippen LogP contribution in [0.4, 0.5) is 0 Å². The number of nitrogens with zero attached hydrogens (tertiary/aromatic N) is 4. The Labute approximate surface area is 375 Å². The number of hydrogen-bond donors (Lipinski definition) is 4. The maximum absolute atomic E-state index is 13.6. The van der Waals surface area contributed by atoms with Gasteiger partial charge in [0.05, 0.1) is 12.1 Å². The molecular formula is C50H66N6O8. The molecule has 14 nitrogen and oxygen atoms in total. The number of aromatic nitrogens is 2. The minimum absolute atomic E-state index is 0.00667. The van der Waals surface area contributed by atoms with Crippen LogP contribution in [0.2, 0.25) is 0 Å². The van der Waals surface area contributed by atoms with Crippen molar-refractivity contribution < 1.29 is 29.4 Å². The van der Waals surface area contributed by atoms with Gasteiger partial charge in [-0.15, -0.1) is 0 Å². The van der Waals surface area contributed by atoms with Gasteiger partial charge < -0.3 is 39.8 Å². The van der Waals surface area contributed by atoms with E-state index in [2.05, 4.69) is 10.6 Å². The summed E-state index contributed by atoms with van der Waals surface area (Å²) in [5.74, 6) is -1.43. The number of carbonyl (C=O) groups excluding carboxylic acids is 4. The van der Waals surface area contributed by atoms with Gasteiger partial charge in [0, 0.05) is 96.4 Å². The van der Waals surface area contributed by atoms with Crippen molar-refractivity contribution in [1.82, 2.24) is 29.6 Å². The highest BCUT2D eigenvalue weighted by molar-refractivity contribution is 5.91. The lowest BCUT2D eigenvalue weighted by Crippen LogP contribution is -2.54. The standard InChI is InChI=1S/2C25H33N3O4/c2*1-2-6-15-11-12-20-21-18(13-27(20)24(15)31)19(14-29)22(23(30)26-17-9-3-4-10-17)28(21)25(32)16-7-5-8-16/h2*2,6,11-12,16-19,21-22,29H,3-5,7-10,13-14H2,1H3,(H,26,30)/b6-2+;6-2-/t2*18-,19-,21+,22-/m00/s1. The van der Waals surface area contributed by atoms with E-state index in [9.17, 15) is 39.0 Å². The molecule has 8 atom stereocenters. The molecule has 344 valence electrons. The average Bonchev–Trinajstić information content (AvgIpc) is 4.10. The molecule has 2 aromatic rings. The fourth-order valence-electron chi connectivity index (χ4n) is 12.6. The van der Waals surface area contributed by atoms with Crippen molar-refractivity contribution in [1.29, 1.82) is 0 Å². The van der Waals surface area contributed by atoms with E-state index in [-0.39, 0.29) is 108 Å². The number of aliphatic hydroxyl groups is 2. The van der Waals surface area contributed by atoms with E-state index in [1.165, 1.54) is 0 Å². The molecule has 0 unspecified atom stereocenters. The number of fused-ring (bicyclic) bond motifs is 6. The van der Waals surface area contributed by atoms with Crippen LogP contribution in [-0.4, -0.2) is 90.2 Å². The molecule has 4 aliphatic carbocycles. The van der Waals surface area contributed by atoms with Gasteiger partial charge in [-0.2, -0.15) is 0 Å². The Bertz CT molecular complexity index is 2140. The third-order valence-electron chi connectivity index (χ3n) is 16.3. The van der Waals surface area contributed by atoms with E-state index in [4.69, 9.17) is 0 Å². The summed E-state index contributed by atoms with van der Waals surface area (Å²) in [7, 11) is 0. The summed E-state index contributed by atoms with van der Waals surface area (Å²) in [5.41, 5.74) is 2.66. The number of rotatable bonds is 10. The lowest BCUT2D eigenvalue weighted by atomic mass is 9.84. The van der Waals surface area contributed by atoms with Gasteiger partial charge in [0.25, 0.3) is 11.1 Å². The van der Waals surface area contributed by atoms with E-state index < -0.39 is 12.1 Å². The van der Waals surface area contributed by atoms with Gasteiger partial charge in [0.15, 0.2) is 0 Å². The first-order chi connectivity index (χ1) is 31.1. The average molecular weight is 879 g/mol. The Morgan fingerprint density at radius 3 is 1.27 bits per heavy atom. The predicted molar refractivity (Wildman–Crippen MR) is 241 cm³/mol. The fourth-order valence-corrected chi connectivity index (χ4v) is 12.6. The van der Waals surface area contributed by atoms with E-state index in [1.54, 1.807) is 31.1 Å². The zero-order chi connectivity index (χ0) is 44.8. The van der Waals surface area contributed by atoms with Crippen LogP contribution < -0.4 is 21.8 Å². The van der Waals surface area contributed by atoms with Crippen LogP contribution in [0.1, 0.15) is 138 Å². The summed E-state index contributed by atoms with van der Waals surface area (Å²) in [6, 6.07) is 5.74. The highest BCUT2D eigenvalue weighted by atomic mass is 16.3. The number of carbonyl (C=O) groups is 4. The summed E-state index contributed by atoms with van der Waals surface area (Å²) in [5, 5.41) is 27.1. The van der Waals surface area contributed by atoms with Crippen LogP contribution in [0, 0.1) is 35.5 Å². The smallest absolute Gasteiger partial charge is 0.258 e. The molecule has 10 rings (SSSR count). The molecule has 2 aromatic heterocycles. The molecule has 0 aromatic carbocycles. The Morgan fingerprint density at radius 1 is 0.578 bits per heavy atom. The van der Waals surface area contributed by atoms with Crippen LogP contribution in [0.15, 0.2) is 46.0 Å². The van der Waals surface area contributed by atoms with E-state index in [0.29, 0.717) is 24.2 Å². The quantitative estimate of drug-likeness (QED) is 0.270. The van der Waals surface area contributed by atoms with E-state index >= 15 is 0 Å². The van der Waals surface area contributed by atoms with Crippen molar-refractivity contribution in [2.75, 3.05) is 13.2 Å². The zero-order valence-corrected chi connectivity index (χ0v) is 37.4. The fraction of sp³-hybridized carbons (Fsp3) is 0.640. The highest BCUT2D eigenvalue weighted by Gasteiger charge is 2.60. The summed E-state index contributed by atoms with van der Waals surface area (Å²) < 4.78 is 3.50. The van der Waals surface area contributed by atoms with Gasteiger partial charge >= 0.3 is 0 Å². The molecule has 4 aliphatic heterocycles. The Morgan fingerprint density at radius 2 is 0.953 bits per heavy atom. The summed E-state index contributed by atoms with van der Waals surface area (Å²) in [6.07, 6.45) is 21.0. The van der Waals surface area contributed by atoms with Crippen LogP contribution in [0.5, 0.6) is 0 Å². The molecule has 2 saturated heterocycles. The molecule has 0 bridgehead atoms. The number of likely N-dealkylation sites (tertiary alicyclic amines) is 2. The first-order valence-electron chi connectivity index (χ1n) is 24.3. The van der Waals surface area contributed by atoms with Gasteiger partial charge in [0.1, 0.15) is 12.1 Å². The minimum atomic E-state index is -0.678. The van der Waals surface area contributed by atoms with Crippen molar-refractivity contribution in [2.24, 2.45) is 35.5 Å². The molecular weight excluding hydrogens is 813 g/mol. The van der Waals surface area contributed by atoms with Crippen molar-refractivity contribution in [3.63, 3.8) is 0 Å². The molecule has 6 fully saturated rings. The highest BCUT2D eigenvalue weighted by Crippen LogP contribution is 2.52. The summed E-state index contributed by atoms with van der Waals surface area (Å²) >= 11 is 0. The van der Waals surface area contributed by atoms with Gasteiger partial charge in [-0.25, -0.2) is 0 Å². The second-order valence-electron chi connectivity index (χ2n) is 19.8. The molecule has 6 heterocycles. The maximum atomic E-state index is 13.6. The second kappa shape index (κ2) is 18.6. The number of allylic oxidation sites excluding steroid dienone is 2. The predicted octanol–water partition coefficient (Wildman–Crippen LogP) is 4.46. The van der Waals surface area contributed by atoms with Crippen LogP contribution >= 0.6 is 0 Å². The number of amides is 4. The molecule has 4 N–H and O–H groups in total. The molecule has 0 spiro atoms. The number of aliphatic hydroxyl groups excluding tert-OH is 2. The van der Waals surface area contributed by atoms with Gasteiger partial charge in [-0.1, -0.05) is 62.8 Å². The Balaban J connectivity index is 0.000000162. The third-order valence-corrected chi connectivity index (χ3v) is 16.3. The molecule has 4 amide bonds. The van der Waals surface area contributed by atoms with Gasteiger partial charge in [-0.05, 0) is 89.5 Å². The van der Waals surface area contributed by atoms with Crippen molar-refractivity contribution in [3.8, 4) is 0 Å².